The lowest BCUT2D eigenvalue weighted by molar-refractivity contribution is 0.314. The normalized spacial score (nSPS) is 11.9. The third kappa shape index (κ3) is 28.3. The highest BCUT2D eigenvalue weighted by molar-refractivity contribution is 7.80. The van der Waals surface area contributed by atoms with Gasteiger partial charge in [-0.05, 0) is 38.5 Å². The van der Waals surface area contributed by atoms with Gasteiger partial charge in [0.1, 0.15) is 0 Å². The highest BCUT2D eigenvalue weighted by Crippen LogP contribution is 2.57. The molecule has 32 heavy (non-hydrogen) atoms. The van der Waals surface area contributed by atoms with Crippen molar-refractivity contribution in [2.75, 3.05) is 32.3 Å². The van der Waals surface area contributed by atoms with Crippen LogP contribution in [0, 0.1) is 0 Å². The van der Waals surface area contributed by atoms with Crippen LogP contribution in [0.15, 0.2) is 0 Å². The first-order valence-electron chi connectivity index (χ1n) is 13.6. The van der Waals surface area contributed by atoms with E-state index < -0.39 is 17.7 Å². The minimum absolute atomic E-state index is 0.636. The van der Waals surface area contributed by atoms with Gasteiger partial charge in [-0.3, -0.25) is 4.18 Å². The van der Waals surface area contributed by atoms with Crippen LogP contribution in [0.2, 0.25) is 0 Å². The average Bonchev–Trinajstić information content (AvgIpc) is 2.75. The van der Waals surface area contributed by atoms with Crippen LogP contribution in [0.5, 0.6) is 0 Å². The van der Waals surface area contributed by atoms with Gasteiger partial charge in [0.2, 0.25) is 10.4 Å². The summed E-state index contributed by atoms with van der Waals surface area (Å²) in [4.78, 5) is 0. The van der Waals surface area contributed by atoms with Crippen molar-refractivity contribution in [1.29, 1.82) is 0 Å². The molecule has 0 heterocycles. The van der Waals surface area contributed by atoms with Crippen molar-refractivity contribution in [2.24, 2.45) is 0 Å². The quantitative estimate of drug-likeness (QED) is 0.0650. The molecule has 0 aromatic rings. The Morgan fingerprint density at radius 3 is 1.00 bits per heavy atom. The van der Waals surface area contributed by atoms with E-state index in [0.717, 1.165) is 7.11 Å². The molecule has 0 bridgehead atoms. The molecular weight excluding hydrogens is 439 g/mol. The Balaban J connectivity index is 0. The molecule has 0 aliphatic heterocycles. The summed E-state index contributed by atoms with van der Waals surface area (Å²) in [6.07, 6.45) is 31.2. The molecule has 0 atom stereocenters. The van der Waals surface area contributed by atoms with Crippen LogP contribution in [0.3, 0.4) is 0 Å². The van der Waals surface area contributed by atoms with Gasteiger partial charge in [0, 0.05) is 13.9 Å². The summed E-state index contributed by atoms with van der Waals surface area (Å²) in [5.74, 6) is 0. The van der Waals surface area contributed by atoms with Crippen molar-refractivity contribution in [3.8, 4) is 0 Å². The number of unbranched alkanes of at least 4 members (excludes halogenated alkanes) is 15. The molecule has 0 aliphatic rings. The molecule has 0 N–H and O–H groups in total. The van der Waals surface area contributed by atoms with E-state index in [1.165, 1.54) is 116 Å². The van der Waals surface area contributed by atoms with Crippen molar-refractivity contribution < 1.29 is 17.2 Å². The summed E-state index contributed by atoms with van der Waals surface area (Å²) in [5, 5.41) is 0. The van der Waals surface area contributed by atoms with Gasteiger partial charge in [0.15, 0.2) is 0 Å². The minimum Gasteiger partial charge on any atom is -0.726 e. The molecule has 0 rings (SSSR count). The zero-order valence-electron chi connectivity index (χ0n) is 22.3. The molecule has 0 spiro atoms. The van der Waals surface area contributed by atoms with Crippen LogP contribution in [-0.4, -0.2) is 45.2 Å². The van der Waals surface area contributed by atoms with Crippen LogP contribution in [0.1, 0.15) is 136 Å². The molecule has 0 saturated carbocycles. The molecule has 4 nitrogen and oxygen atoms in total. The van der Waals surface area contributed by atoms with E-state index in [1.807, 2.05) is 0 Å². The molecule has 0 unspecified atom stereocenters. The van der Waals surface area contributed by atoms with Crippen molar-refractivity contribution in [2.45, 2.75) is 136 Å². The molecule has 0 aliphatic carbocycles. The average molecular weight is 497 g/mol. The molecule has 0 amide bonds. The lowest BCUT2D eigenvalue weighted by atomic mass is 10.1. The van der Waals surface area contributed by atoms with E-state index in [0.29, 0.717) is 0 Å². The van der Waals surface area contributed by atoms with Gasteiger partial charge in [0.05, 0.1) is 25.6 Å². The van der Waals surface area contributed by atoms with E-state index in [1.54, 1.807) is 18.5 Å². The zero-order chi connectivity index (χ0) is 24.6. The molecule has 0 fully saturated rings. The van der Waals surface area contributed by atoms with E-state index in [2.05, 4.69) is 31.6 Å². The highest BCUT2D eigenvalue weighted by atomic mass is 32.3. The second-order valence-corrected chi connectivity index (χ2v) is 15.4. The second-order valence-electron chi connectivity index (χ2n) is 9.67. The van der Waals surface area contributed by atoms with Crippen molar-refractivity contribution in [1.82, 2.24) is 0 Å². The Hall–Kier alpha value is 0.300. The summed E-state index contributed by atoms with van der Waals surface area (Å²) in [6.45, 7) is 9.70. The van der Waals surface area contributed by atoms with Crippen LogP contribution in [0.25, 0.3) is 0 Å². The maximum absolute atomic E-state index is 9.22. The minimum atomic E-state index is -4.41. The first-order valence-corrected chi connectivity index (χ1v) is 17.7. The summed E-state index contributed by atoms with van der Waals surface area (Å²) in [7, 11) is -4.24. The highest BCUT2D eigenvalue weighted by Gasteiger charge is 2.29. The molecule has 0 saturated heterocycles. The van der Waals surface area contributed by atoms with Gasteiger partial charge in [-0.2, -0.15) is 0 Å². The topological polar surface area (TPSA) is 66.4 Å². The van der Waals surface area contributed by atoms with Crippen molar-refractivity contribution >= 4 is 17.7 Å². The van der Waals surface area contributed by atoms with Gasteiger partial charge in [-0.1, -0.05) is 97.8 Å². The summed E-state index contributed by atoms with van der Waals surface area (Å²) in [5.41, 5.74) is 0. The molecule has 6 heteroatoms. The van der Waals surface area contributed by atoms with Crippen LogP contribution >= 0.6 is 7.26 Å². The first kappa shape index (κ1) is 34.5. The van der Waals surface area contributed by atoms with E-state index in [4.69, 9.17) is 0 Å². The van der Waals surface area contributed by atoms with E-state index in [9.17, 15) is 13.0 Å². The first-order chi connectivity index (χ1) is 15.2. The van der Waals surface area contributed by atoms with Crippen molar-refractivity contribution in [3.05, 3.63) is 0 Å². The van der Waals surface area contributed by atoms with Gasteiger partial charge in [-0.25, -0.2) is 8.42 Å². The Bertz CT molecular complexity index is 428. The smallest absolute Gasteiger partial charge is 0.217 e. The van der Waals surface area contributed by atoms with Gasteiger partial charge >= 0.3 is 0 Å². The third-order valence-corrected chi connectivity index (χ3v) is 11.0. The van der Waals surface area contributed by atoms with Gasteiger partial charge in [-0.15, -0.1) is 0 Å². The maximum Gasteiger partial charge on any atom is 0.217 e. The van der Waals surface area contributed by atoms with Gasteiger partial charge < -0.3 is 4.55 Å². The van der Waals surface area contributed by atoms with E-state index in [-0.39, 0.29) is 0 Å². The third-order valence-electron chi connectivity index (χ3n) is 6.36. The number of rotatable bonds is 22. The molecule has 0 radical (unpaired) electrons. The molecule has 196 valence electrons. The van der Waals surface area contributed by atoms with Crippen LogP contribution in [-0.2, 0) is 14.6 Å². The van der Waals surface area contributed by atoms with Crippen molar-refractivity contribution in [3.63, 3.8) is 0 Å². The van der Waals surface area contributed by atoms with Crippen LogP contribution < -0.4 is 0 Å². The number of hydrogen-bond acceptors (Lipinski definition) is 4. The van der Waals surface area contributed by atoms with Gasteiger partial charge in [0.25, 0.3) is 0 Å². The fourth-order valence-electron chi connectivity index (χ4n) is 4.16. The lowest BCUT2D eigenvalue weighted by Crippen LogP contribution is -2.08. The maximum atomic E-state index is 9.22. The Morgan fingerprint density at radius 1 is 0.562 bits per heavy atom. The predicted molar refractivity (Wildman–Crippen MR) is 144 cm³/mol. The Morgan fingerprint density at radius 2 is 0.781 bits per heavy atom. The predicted octanol–water partition coefficient (Wildman–Crippen LogP) is 8.81. The summed E-state index contributed by atoms with van der Waals surface area (Å²) >= 11 is 0. The fourth-order valence-corrected chi connectivity index (χ4v) is 7.79. The molecule has 0 aromatic heterocycles. The number of hydrogen-bond donors (Lipinski definition) is 0. The molecular formula is C26H57O4PS. The lowest BCUT2D eigenvalue weighted by Gasteiger charge is -2.24. The Kier molecular flexibility index (Phi) is 26.3. The van der Waals surface area contributed by atoms with Crippen LogP contribution in [0.4, 0.5) is 0 Å². The summed E-state index contributed by atoms with van der Waals surface area (Å²) in [6, 6.07) is 0. The SMILES string of the molecule is CCCCCCCC[P+](C)(CCCCCCCC)CCCCCCCC.COS(=O)(=O)[O-]. The monoisotopic (exact) mass is 496 g/mol. The summed E-state index contributed by atoms with van der Waals surface area (Å²) < 4.78 is 31.0. The Labute approximate surface area is 203 Å². The van der Waals surface area contributed by atoms with E-state index >= 15 is 0 Å². The second kappa shape index (κ2) is 24.4. The fraction of sp³-hybridized carbons (Fsp3) is 1.00. The zero-order valence-corrected chi connectivity index (χ0v) is 24.0. The largest absolute Gasteiger partial charge is 0.726 e. The molecule has 0 aromatic carbocycles. The standard InChI is InChI=1S/C25H54P.CH4O4S/c1-5-8-11-14-17-20-23-26(4,24-21-18-15-12-9-6-2)25-22-19-16-13-10-7-3;1-5-6(2,3)4/h5-25H2,1-4H3;1H3,(H,2,3,4)/q+1;/p-1.